The zero-order chi connectivity index (χ0) is 15.4. The first kappa shape index (κ1) is 15.9. The molecule has 1 aromatic carbocycles. The number of likely N-dealkylation sites (tertiary alicyclic amines) is 1. The Balaban J connectivity index is 2.12. The standard InChI is InChI=1S/C16H23N3OS/c1-11-7-8-13(15(17)20)9-19(11)10-14(16(18)21)12-5-3-2-4-6-12/h2-6,11,13-14H,7-10H2,1H3,(H2,17,20)(H2,18,21). The highest BCUT2D eigenvalue weighted by Crippen LogP contribution is 2.26. The number of thiocarbonyl (C=S) groups is 1. The SMILES string of the molecule is CC1CCC(C(N)=O)CN1CC(C(N)=S)c1ccccc1. The monoisotopic (exact) mass is 305 g/mol. The first-order valence-electron chi connectivity index (χ1n) is 7.36. The Morgan fingerprint density at radius 2 is 2.00 bits per heavy atom. The second-order valence-corrected chi connectivity index (χ2v) is 6.32. The van der Waals surface area contributed by atoms with E-state index in [9.17, 15) is 4.79 Å². The van der Waals surface area contributed by atoms with Crippen LogP contribution in [0.1, 0.15) is 31.2 Å². The van der Waals surface area contributed by atoms with Gasteiger partial charge in [0.25, 0.3) is 0 Å². The van der Waals surface area contributed by atoms with Crippen LogP contribution >= 0.6 is 12.2 Å². The maximum Gasteiger partial charge on any atom is 0.221 e. The first-order chi connectivity index (χ1) is 9.99. The van der Waals surface area contributed by atoms with Gasteiger partial charge in [-0.3, -0.25) is 9.69 Å². The molecule has 1 aliphatic heterocycles. The van der Waals surface area contributed by atoms with E-state index in [1.165, 1.54) is 0 Å². The number of hydrogen-bond donors (Lipinski definition) is 2. The van der Waals surface area contributed by atoms with Crippen molar-refractivity contribution in [1.29, 1.82) is 0 Å². The van der Waals surface area contributed by atoms with Crippen molar-refractivity contribution in [3.63, 3.8) is 0 Å². The van der Waals surface area contributed by atoms with Crippen LogP contribution in [0.3, 0.4) is 0 Å². The van der Waals surface area contributed by atoms with Gasteiger partial charge in [-0.25, -0.2) is 0 Å². The number of piperidine rings is 1. The molecule has 0 spiro atoms. The molecule has 3 atom stereocenters. The molecule has 4 nitrogen and oxygen atoms in total. The highest BCUT2D eigenvalue weighted by molar-refractivity contribution is 7.80. The van der Waals surface area contributed by atoms with Gasteiger partial charge in [0, 0.05) is 25.0 Å². The second-order valence-electron chi connectivity index (χ2n) is 5.85. The quantitative estimate of drug-likeness (QED) is 0.811. The molecule has 114 valence electrons. The topological polar surface area (TPSA) is 72.4 Å². The van der Waals surface area contributed by atoms with E-state index in [4.69, 9.17) is 23.7 Å². The van der Waals surface area contributed by atoms with Crippen LogP contribution in [0.2, 0.25) is 0 Å². The van der Waals surface area contributed by atoms with Crippen LogP contribution in [0.4, 0.5) is 0 Å². The molecule has 1 aromatic rings. The van der Waals surface area contributed by atoms with E-state index in [-0.39, 0.29) is 17.7 Å². The Kier molecular flexibility index (Phi) is 5.31. The lowest BCUT2D eigenvalue weighted by atomic mass is 9.90. The fourth-order valence-electron chi connectivity index (χ4n) is 2.95. The van der Waals surface area contributed by atoms with Gasteiger partial charge in [-0.1, -0.05) is 42.5 Å². The predicted molar refractivity (Wildman–Crippen MR) is 88.9 cm³/mol. The van der Waals surface area contributed by atoms with E-state index in [0.29, 0.717) is 17.6 Å². The highest BCUT2D eigenvalue weighted by Gasteiger charge is 2.30. The number of carbonyl (C=O) groups excluding carboxylic acids is 1. The van der Waals surface area contributed by atoms with Gasteiger partial charge < -0.3 is 11.5 Å². The van der Waals surface area contributed by atoms with Crippen molar-refractivity contribution in [1.82, 2.24) is 4.90 Å². The summed E-state index contributed by atoms with van der Waals surface area (Å²) < 4.78 is 0. The number of rotatable bonds is 5. The lowest BCUT2D eigenvalue weighted by Gasteiger charge is -2.38. The first-order valence-corrected chi connectivity index (χ1v) is 7.77. The third kappa shape index (κ3) is 4.02. The van der Waals surface area contributed by atoms with Crippen LogP contribution in [0.15, 0.2) is 30.3 Å². The van der Waals surface area contributed by atoms with Gasteiger partial charge in [0.1, 0.15) is 0 Å². The van der Waals surface area contributed by atoms with E-state index in [2.05, 4.69) is 11.8 Å². The third-order valence-electron chi connectivity index (χ3n) is 4.38. The van der Waals surface area contributed by atoms with Crippen molar-refractivity contribution in [2.45, 2.75) is 31.7 Å². The Morgan fingerprint density at radius 3 is 2.57 bits per heavy atom. The van der Waals surface area contributed by atoms with Gasteiger partial charge in [-0.2, -0.15) is 0 Å². The summed E-state index contributed by atoms with van der Waals surface area (Å²) in [6.07, 6.45) is 1.85. The molecule has 2 rings (SSSR count). The normalized spacial score (nSPS) is 24.4. The number of carbonyl (C=O) groups is 1. The lowest BCUT2D eigenvalue weighted by molar-refractivity contribution is -0.123. The summed E-state index contributed by atoms with van der Waals surface area (Å²) in [4.78, 5) is 14.2. The Bertz CT molecular complexity index is 506. The molecule has 1 heterocycles. The van der Waals surface area contributed by atoms with Gasteiger partial charge >= 0.3 is 0 Å². The Labute approximate surface area is 131 Å². The molecule has 3 unspecified atom stereocenters. The minimum Gasteiger partial charge on any atom is -0.393 e. The van der Waals surface area contributed by atoms with Gasteiger partial charge in [0.05, 0.1) is 10.9 Å². The smallest absolute Gasteiger partial charge is 0.221 e. The molecule has 21 heavy (non-hydrogen) atoms. The average molecular weight is 305 g/mol. The van der Waals surface area contributed by atoms with Crippen molar-refractivity contribution < 1.29 is 4.79 Å². The number of hydrogen-bond acceptors (Lipinski definition) is 3. The summed E-state index contributed by atoms with van der Waals surface area (Å²) in [6, 6.07) is 10.5. The zero-order valence-electron chi connectivity index (χ0n) is 12.4. The van der Waals surface area contributed by atoms with Crippen molar-refractivity contribution in [2.75, 3.05) is 13.1 Å². The second kappa shape index (κ2) is 7.00. The van der Waals surface area contributed by atoms with Crippen molar-refractivity contribution in [2.24, 2.45) is 17.4 Å². The van der Waals surface area contributed by atoms with Crippen molar-refractivity contribution in [3.05, 3.63) is 35.9 Å². The van der Waals surface area contributed by atoms with E-state index < -0.39 is 0 Å². The molecule has 0 bridgehead atoms. The molecule has 0 saturated carbocycles. The highest BCUT2D eigenvalue weighted by atomic mass is 32.1. The summed E-state index contributed by atoms with van der Waals surface area (Å²) in [7, 11) is 0. The van der Waals surface area contributed by atoms with Crippen molar-refractivity contribution >= 4 is 23.1 Å². The molecule has 5 heteroatoms. The summed E-state index contributed by atoms with van der Waals surface area (Å²) >= 11 is 5.25. The van der Waals surface area contributed by atoms with Gasteiger partial charge in [0.15, 0.2) is 0 Å². The summed E-state index contributed by atoms with van der Waals surface area (Å²) in [5.41, 5.74) is 12.5. The predicted octanol–water partition coefficient (Wildman–Crippen LogP) is 1.64. The Hall–Kier alpha value is -1.46. The van der Waals surface area contributed by atoms with Crippen LogP contribution < -0.4 is 11.5 Å². The number of amides is 1. The molecule has 0 aliphatic carbocycles. The van der Waals surface area contributed by atoms with E-state index in [0.717, 1.165) is 24.9 Å². The van der Waals surface area contributed by atoms with Gasteiger partial charge in [-0.15, -0.1) is 0 Å². The fraction of sp³-hybridized carbons (Fsp3) is 0.500. The molecular formula is C16H23N3OS. The Morgan fingerprint density at radius 1 is 1.33 bits per heavy atom. The van der Waals surface area contributed by atoms with Crippen LogP contribution in [-0.2, 0) is 4.79 Å². The number of primary amides is 1. The van der Waals surface area contributed by atoms with Crippen LogP contribution in [0.25, 0.3) is 0 Å². The minimum absolute atomic E-state index is 0.00952. The summed E-state index contributed by atoms with van der Waals surface area (Å²) in [6.45, 7) is 3.62. The molecular weight excluding hydrogens is 282 g/mol. The molecule has 0 aromatic heterocycles. The third-order valence-corrected chi connectivity index (χ3v) is 4.66. The molecule has 4 N–H and O–H groups in total. The number of nitrogens with two attached hydrogens (primary N) is 2. The maximum atomic E-state index is 11.4. The summed E-state index contributed by atoms with van der Waals surface area (Å²) in [5.74, 6) is -0.266. The maximum absolute atomic E-state index is 11.4. The average Bonchev–Trinajstić information content (AvgIpc) is 2.46. The zero-order valence-corrected chi connectivity index (χ0v) is 13.2. The lowest BCUT2D eigenvalue weighted by Crippen LogP contribution is -2.48. The fourth-order valence-corrected chi connectivity index (χ4v) is 3.16. The summed E-state index contributed by atoms with van der Waals surface area (Å²) in [5, 5.41) is 0. The van der Waals surface area contributed by atoms with Crippen molar-refractivity contribution in [3.8, 4) is 0 Å². The van der Waals surface area contributed by atoms with Gasteiger partial charge in [0.2, 0.25) is 5.91 Å². The van der Waals surface area contributed by atoms with Crippen LogP contribution in [0.5, 0.6) is 0 Å². The minimum atomic E-state index is -0.210. The van der Waals surface area contributed by atoms with Gasteiger partial charge in [-0.05, 0) is 25.3 Å². The van der Waals surface area contributed by atoms with E-state index in [1.807, 2.05) is 30.3 Å². The largest absolute Gasteiger partial charge is 0.393 e. The molecule has 1 saturated heterocycles. The van der Waals surface area contributed by atoms with Crippen LogP contribution in [0, 0.1) is 5.92 Å². The number of benzene rings is 1. The van der Waals surface area contributed by atoms with E-state index >= 15 is 0 Å². The molecule has 1 amide bonds. The van der Waals surface area contributed by atoms with Crippen LogP contribution in [-0.4, -0.2) is 34.9 Å². The molecule has 1 aliphatic rings. The molecule has 0 radical (unpaired) electrons. The number of nitrogens with zero attached hydrogens (tertiary/aromatic N) is 1. The van der Waals surface area contributed by atoms with E-state index in [1.54, 1.807) is 0 Å². The molecule has 1 fully saturated rings.